The maximum Gasteiger partial charge on any atom is 0.325 e. The van der Waals surface area contributed by atoms with Gasteiger partial charge in [0.1, 0.15) is 12.1 Å². The van der Waals surface area contributed by atoms with E-state index in [-0.39, 0.29) is 18.4 Å². The van der Waals surface area contributed by atoms with E-state index < -0.39 is 11.6 Å². The average molecular weight is 438 g/mol. The number of benzene rings is 2. The Bertz CT molecular complexity index is 983. The largest absolute Gasteiger partial charge is 0.341 e. The van der Waals surface area contributed by atoms with Gasteiger partial charge in [0.25, 0.3) is 5.91 Å². The number of carbonyl (C=O) groups is 3. The van der Waals surface area contributed by atoms with Crippen LogP contribution >= 0.6 is 0 Å². The van der Waals surface area contributed by atoms with Gasteiger partial charge < -0.3 is 10.2 Å². The highest BCUT2D eigenvalue weighted by Gasteiger charge is 2.50. The first kappa shape index (κ1) is 23.8. The molecule has 1 heterocycles. The van der Waals surface area contributed by atoms with Crippen molar-refractivity contribution >= 4 is 28.6 Å². The Morgan fingerprint density at radius 3 is 2.19 bits per heavy atom. The molecule has 0 spiro atoms. The second kappa shape index (κ2) is 9.72. The quantitative estimate of drug-likeness (QED) is 0.586. The number of amides is 4. The molecule has 32 heavy (non-hydrogen) atoms. The normalized spacial score (nSPS) is 18.7. The van der Waals surface area contributed by atoms with Crippen LogP contribution in [0.4, 0.5) is 4.79 Å². The van der Waals surface area contributed by atoms with Crippen LogP contribution in [0.5, 0.6) is 0 Å². The molecule has 0 aliphatic carbocycles. The lowest BCUT2D eigenvalue weighted by molar-refractivity contribution is -0.139. The Morgan fingerprint density at radius 2 is 1.56 bits per heavy atom. The van der Waals surface area contributed by atoms with E-state index in [4.69, 9.17) is 0 Å². The maximum atomic E-state index is 13.4. The fraction of sp³-hybridized carbons (Fsp3) is 0.500. The summed E-state index contributed by atoms with van der Waals surface area (Å²) in [4.78, 5) is 42.3. The zero-order valence-corrected chi connectivity index (χ0v) is 19.9. The summed E-state index contributed by atoms with van der Waals surface area (Å²) in [5, 5.41) is 4.76. The van der Waals surface area contributed by atoms with Crippen LogP contribution in [0.1, 0.15) is 53.0 Å². The standard InChI is InChI=1S/C26H35N3O3/c1-18(2)13-15-28(16-14-19(3)4)23(30)17-29-24(31)26(5,27-25(29)32)22-12-8-10-20-9-6-7-11-21(20)22/h6-12,18-19H,13-17H2,1-5H3,(H,27,32). The van der Waals surface area contributed by atoms with Gasteiger partial charge in [-0.15, -0.1) is 0 Å². The fourth-order valence-corrected chi connectivity index (χ4v) is 4.11. The van der Waals surface area contributed by atoms with Gasteiger partial charge in [0.05, 0.1) is 0 Å². The Hall–Kier alpha value is -2.89. The van der Waals surface area contributed by atoms with E-state index in [2.05, 4.69) is 33.0 Å². The van der Waals surface area contributed by atoms with Crippen LogP contribution < -0.4 is 5.32 Å². The number of carbonyl (C=O) groups excluding carboxylic acids is 3. The Morgan fingerprint density at radius 1 is 0.969 bits per heavy atom. The smallest absolute Gasteiger partial charge is 0.325 e. The summed E-state index contributed by atoms with van der Waals surface area (Å²) in [6.45, 7) is 11.2. The molecule has 4 amide bonds. The fourth-order valence-electron chi connectivity index (χ4n) is 4.11. The molecule has 2 aromatic carbocycles. The summed E-state index contributed by atoms with van der Waals surface area (Å²) in [5.41, 5.74) is -0.473. The van der Waals surface area contributed by atoms with E-state index in [9.17, 15) is 14.4 Å². The van der Waals surface area contributed by atoms with Crippen molar-refractivity contribution in [1.82, 2.24) is 15.1 Å². The van der Waals surface area contributed by atoms with Gasteiger partial charge in [-0.1, -0.05) is 70.2 Å². The zero-order chi connectivity index (χ0) is 23.5. The van der Waals surface area contributed by atoms with E-state index in [1.807, 2.05) is 42.5 Å². The van der Waals surface area contributed by atoms with Gasteiger partial charge in [0.2, 0.25) is 5.91 Å². The predicted molar refractivity (Wildman–Crippen MR) is 127 cm³/mol. The number of hydrogen-bond acceptors (Lipinski definition) is 3. The molecule has 1 atom stereocenters. The molecule has 0 aromatic heterocycles. The molecule has 6 nitrogen and oxygen atoms in total. The van der Waals surface area contributed by atoms with Gasteiger partial charge in [-0.3, -0.25) is 14.5 Å². The molecule has 1 aliphatic rings. The first-order chi connectivity index (χ1) is 15.1. The van der Waals surface area contributed by atoms with Crippen LogP contribution in [-0.4, -0.2) is 47.3 Å². The summed E-state index contributed by atoms with van der Waals surface area (Å²) in [6, 6.07) is 13.0. The lowest BCUT2D eigenvalue weighted by Gasteiger charge is -2.27. The molecule has 0 saturated carbocycles. The first-order valence-electron chi connectivity index (χ1n) is 11.5. The van der Waals surface area contributed by atoms with Gasteiger partial charge in [-0.25, -0.2) is 4.79 Å². The second-order valence-electron chi connectivity index (χ2n) is 9.72. The second-order valence-corrected chi connectivity index (χ2v) is 9.72. The number of hydrogen-bond donors (Lipinski definition) is 1. The number of imide groups is 1. The molecule has 3 rings (SSSR count). The summed E-state index contributed by atoms with van der Waals surface area (Å²) >= 11 is 0. The first-order valence-corrected chi connectivity index (χ1v) is 11.5. The molecule has 0 radical (unpaired) electrons. The molecule has 1 N–H and O–H groups in total. The number of urea groups is 1. The van der Waals surface area contributed by atoms with Gasteiger partial charge >= 0.3 is 6.03 Å². The van der Waals surface area contributed by atoms with Crippen LogP contribution in [0, 0.1) is 11.8 Å². The van der Waals surface area contributed by atoms with Crippen molar-refractivity contribution in [3.8, 4) is 0 Å². The van der Waals surface area contributed by atoms with Gasteiger partial charge in [0.15, 0.2) is 0 Å². The monoisotopic (exact) mass is 437 g/mol. The van der Waals surface area contributed by atoms with Crippen molar-refractivity contribution in [2.45, 2.75) is 53.0 Å². The Labute approximate surface area is 191 Å². The summed E-state index contributed by atoms with van der Waals surface area (Å²) in [6.07, 6.45) is 1.77. The third-order valence-corrected chi connectivity index (χ3v) is 6.20. The van der Waals surface area contributed by atoms with Crippen LogP contribution in [0.25, 0.3) is 10.8 Å². The summed E-state index contributed by atoms with van der Waals surface area (Å²) < 4.78 is 0. The summed E-state index contributed by atoms with van der Waals surface area (Å²) in [7, 11) is 0. The van der Waals surface area contributed by atoms with Gasteiger partial charge in [-0.05, 0) is 47.9 Å². The minimum Gasteiger partial charge on any atom is -0.341 e. The topological polar surface area (TPSA) is 69.7 Å². The third-order valence-electron chi connectivity index (χ3n) is 6.20. The molecule has 1 aliphatic heterocycles. The maximum absolute atomic E-state index is 13.4. The highest BCUT2D eigenvalue weighted by atomic mass is 16.2. The molecule has 6 heteroatoms. The van der Waals surface area contributed by atoms with E-state index in [1.54, 1.807) is 11.8 Å². The molecule has 1 fully saturated rings. The molecule has 0 bridgehead atoms. The van der Waals surface area contributed by atoms with E-state index in [1.165, 1.54) is 0 Å². The average Bonchev–Trinajstić information content (AvgIpc) is 2.96. The number of nitrogens with one attached hydrogen (secondary N) is 1. The van der Waals surface area contributed by atoms with Crippen molar-refractivity contribution in [2.24, 2.45) is 11.8 Å². The van der Waals surface area contributed by atoms with Gasteiger partial charge in [0, 0.05) is 13.1 Å². The van der Waals surface area contributed by atoms with E-state index in [0.29, 0.717) is 24.9 Å². The van der Waals surface area contributed by atoms with Crippen LogP contribution in [-0.2, 0) is 15.1 Å². The van der Waals surface area contributed by atoms with Crippen LogP contribution in [0.15, 0.2) is 42.5 Å². The minimum atomic E-state index is -1.21. The third kappa shape index (κ3) is 4.95. The number of rotatable bonds is 9. The Balaban J connectivity index is 1.82. The zero-order valence-electron chi connectivity index (χ0n) is 19.9. The van der Waals surface area contributed by atoms with Crippen molar-refractivity contribution < 1.29 is 14.4 Å². The molecule has 172 valence electrons. The van der Waals surface area contributed by atoms with Crippen LogP contribution in [0.3, 0.4) is 0 Å². The highest BCUT2D eigenvalue weighted by molar-refractivity contribution is 6.10. The molecule has 1 unspecified atom stereocenters. The minimum absolute atomic E-state index is 0.183. The number of fused-ring (bicyclic) bond motifs is 1. The molecule has 1 saturated heterocycles. The SMILES string of the molecule is CC(C)CCN(CCC(C)C)C(=O)CN1C(=O)NC(C)(c2cccc3ccccc23)C1=O. The van der Waals surface area contributed by atoms with Crippen molar-refractivity contribution in [1.29, 1.82) is 0 Å². The molecular formula is C26H35N3O3. The van der Waals surface area contributed by atoms with Crippen molar-refractivity contribution in [3.05, 3.63) is 48.0 Å². The van der Waals surface area contributed by atoms with Crippen molar-refractivity contribution in [2.75, 3.05) is 19.6 Å². The Kier molecular flexibility index (Phi) is 7.22. The lowest BCUT2D eigenvalue weighted by atomic mass is 9.88. The van der Waals surface area contributed by atoms with Crippen LogP contribution in [0.2, 0.25) is 0 Å². The van der Waals surface area contributed by atoms with E-state index in [0.717, 1.165) is 34.1 Å². The van der Waals surface area contributed by atoms with Crippen molar-refractivity contribution in [3.63, 3.8) is 0 Å². The lowest BCUT2D eigenvalue weighted by Crippen LogP contribution is -2.45. The molecular weight excluding hydrogens is 402 g/mol. The number of nitrogens with zero attached hydrogens (tertiary/aromatic N) is 2. The van der Waals surface area contributed by atoms with E-state index >= 15 is 0 Å². The summed E-state index contributed by atoms with van der Waals surface area (Å²) in [5.74, 6) is 0.364. The van der Waals surface area contributed by atoms with Gasteiger partial charge in [-0.2, -0.15) is 0 Å². The predicted octanol–water partition coefficient (Wildman–Crippen LogP) is 4.53. The highest BCUT2D eigenvalue weighted by Crippen LogP contribution is 2.33. The molecule has 2 aromatic rings.